The summed E-state index contributed by atoms with van der Waals surface area (Å²) in [7, 11) is 0. The number of hydrogen-bond acceptors (Lipinski definition) is 0. The smallest absolute Gasteiger partial charge is 0.0162 e. The van der Waals surface area contributed by atoms with Crippen LogP contribution in [0.3, 0.4) is 0 Å². The van der Waals surface area contributed by atoms with Gasteiger partial charge >= 0.3 is 0 Å². The maximum atomic E-state index is 2.57. The average Bonchev–Trinajstić information content (AvgIpc) is 2.81. The lowest BCUT2D eigenvalue weighted by atomic mass is 9.76. The van der Waals surface area contributed by atoms with Gasteiger partial charge in [0, 0.05) is 0 Å². The summed E-state index contributed by atoms with van der Waals surface area (Å²) < 4.78 is 0. The van der Waals surface area contributed by atoms with Crippen LogP contribution in [0.25, 0.3) is 5.57 Å². The molecule has 0 aromatic heterocycles. The van der Waals surface area contributed by atoms with Crippen LogP contribution in [-0.2, 0) is 0 Å². The molecule has 0 saturated heterocycles. The number of benzene rings is 1. The van der Waals surface area contributed by atoms with Crippen LogP contribution in [0.1, 0.15) is 140 Å². The Morgan fingerprint density at radius 2 is 1.33 bits per heavy atom. The van der Waals surface area contributed by atoms with E-state index in [4.69, 9.17) is 0 Å². The zero-order valence-electron chi connectivity index (χ0n) is 20.1. The first-order valence-corrected chi connectivity index (χ1v) is 13.6. The molecule has 1 atom stereocenters. The molecule has 0 amide bonds. The normalized spacial score (nSPS) is 24.6. The van der Waals surface area contributed by atoms with Crippen molar-refractivity contribution in [3.05, 3.63) is 41.5 Å². The van der Waals surface area contributed by atoms with Gasteiger partial charge < -0.3 is 0 Å². The van der Waals surface area contributed by atoms with Crippen molar-refractivity contribution in [2.24, 2.45) is 11.8 Å². The van der Waals surface area contributed by atoms with E-state index >= 15 is 0 Å². The van der Waals surface area contributed by atoms with Gasteiger partial charge in [0.1, 0.15) is 0 Å². The van der Waals surface area contributed by atoms with Gasteiger partial charge in [0.25, 0.3) is 0 Å². The highest BCUT2D eigenvalue weighted by molar-refractivity contribution is 5.66. The van der Waals surface area contributed by atoms with Crippen molar-refractivity contribution < 1.29 is 0 Å². The quantitative estimate of drug-likeness (QED) is 0.302. The van der Waals surface area contributed by atoms with E-state index in [0.717, 1.165) is 17.8 Å². The second-order valence-electron chi connectivity index (χ2n) is 10.4. The van der Waals surface area contributed by atoms with E-state index in [2.05, 4.69) is 44.2 Å². The Balaban J connectivity index is 1.39. The molecule has 0 N–H and O–H groups in total. The van der Waals surface area contributed by atoms with Crippen LogP contribution in [-0.4, -0.2) is 0 Å². The van der Waals surface area contributed by atoms with Crippen molar-refractivity contribution in [2.75, 3.05) is 0 Å². The topological polar surface area (TPSA) is 0 Å². The molecule has 168 valence electrons. The number of unbranched alkanes of at least 4 members (excludes halogenated alkanes) is 6. The standard InChI is InChI=1S/C30H48/c1-3-5-7-8-9-10-12-26-15-19-28(20-16-26)30-23-21-29(22-24-30)27-17-13-25(14-18-27)11-6-4-2/h19,21-27H,3-18,20H2,1-2H3. The van der Waals surface area contributed by atoms with Crippen LogP contribution < -0.4 is 0 Å². The Morgan fingerprint density at radius 1 is 0.667 bits per heavy atom. The molecular formula is C30H48. The molecule has 0 spiro atoms. The van der Waals surface area contributed by atoms with E-state index < -0.39 is 0 Å². The number of allylic oxidation sites excluding steroid dienone is 2. The van der Waals surface area contributed by atoms with Gasteiger partial charge in [-0.3, -0.25) is 0 Å². The molecule has 0 aliphatic heterocycles. The minimum atomic E-state index is 0.818. The third-order valence-corrected chi connectivity index (χ3v) is 8.05. The zero-order valence-corrected chi connectivity index (χ0v) is 20.1. The zero-order chi connectivity index (χ0) is 21.0. The minimum Gasteiger partial charge on any atom is -0.0804 e. The first-order chi connectivity index (χ1) is 14.8. The van der Waals surface area contributed by atoms with Crippen LogP contribution in [0.4, 0.5) is 0 Å². The second kappa shape index (κ2) is 13.4. The maximum absolute atomic E-state index is 2.57. The summed E-state index contributed by atoms with van der Waals surface area (Å²) in [6, 6.07) is 9.77. The molecule has 2 aliphatic rings. The van der Waals surface area contributed by atoms with Gasteiger partial charge in [-0.2, -0.15) is 0 Å². The first-order valence-electron chi connectivity index (χ1n) is 13.6. The summed E-state index contributed by atoms with van der Waals surface area (Å²) in [6.45, 7) is 4.63. The van der Waals surface area contributed by atoms with Crippen molar-refractivity contribution in [1.29, 1.82) is 0 Å². The van der Waals surface area contributed by atoms with Gasteiger partial charge in [0.15, 0.2) is 0 Å². The maximum Gasteiger partial charge on any atom is -0.0162 e. The van der Waals surface area contributed by atoms with E-state index in [1.54, 1.807) is 11.1 Å². The van der Waals surface area contributed by atoms with Gasteiger partial charge in [-0.25, -0.2) is 0 Å². The van der Waals surface area contributed by atoms with Crippen LogP contribution in [0, 0.1) is 11.8 Å². The predicted octanol–water partition coefficient (Wildman–Crippen LogP) is 10.1. The summed E-state index contributed by atoms with van der Waals surface area (Å²) >= 11 is 0. The fourth-order valence-corrected chi connectivity index (χ4v) is 5.87. The molecule has 1 fully saturated rings. The Bertz CT molecular complexity index is 599. The molecule has 0 heteroatoms. The number of hydrogen-bond donors (Lipinski definition) is 0. The second-order valence-corrected chi connectivity index (χ2v) is 10.4. The molecular weight excluding hydrogens is 360 g/mol. The van der Waals surface area contributed by atoms with Crippen molar-refractivity contribution in [2.45, 2.75) is 129 Å². The van der Waals surface area contributed by atoms with E-state index in [1.165, 1.54) is 115 Å². The van der Waals surface area contributed by atoms with Crippen LogP contribution >= 0.6 is 0 Å². The van der Waals surface area contributed by atoms with E-state index in [1.807, 2.05) is 0 Å². The fraction of sp³-hybridized carbons (Fsp3) is 0.733. The van der Waals surface area contributed by atoms with Gasteiger partial charge in [-0.1, -0.05) is 108 Å². The van der Waals surface area contributed by atoms with Gasteiger partial charge in [-0.15, -0.1) is 0 Å². The molecule has 1 aromatic rings. The van der Waals surface area contributed by atoms with E-state index in [9.17, 15) is 0 Å². The lowest BCUT2D eigenvalue weighted by molar-refractivity contribution is 0.304. The molecule has 30 heavy (non-hydrogen) atoms. The highest BCUT2D eigenvalue weighted by Crippen LogP contribution is 2.39. The van der Waals surface area contributed by atoms with Crippen LogP contribution in [0.15, 0.2) is 30.3 Å². The van der Waals surface area contributed by atoms with Crippen LogP contribution in [0.2, 0.25) is 0 Å². The molecule has 0 radical (unpaired) electrons. The Hall–Kier alpha value is -1.04. The van der Waals surface area contributed by atoms with E-state index in [-0.39, 0.29) is 0 Å². The van der Waals surface area contributed by atoms with Crippen LogP contribution in [0.5, 0.6) is 0 Å². The third-order valence-electron chi connectivity index (χ3n) is 8.05. The summed E-state index contributed by atoms with van der Waals surface area (Å²) in [4.78, 5) is 0. The van der Waals surface area contributed by atoms with Crippen molar-refractivity contribution >= 4 is 5.57 Å². The van der Waals surface area contributed by atoms with Gasteiger partial charge in [0.05, 0.1) is 0 Å². The van der Waals surface area contributed by atoms with Crippen molar-refractivity contribution in [3.63, 3.8) is 0 Å². The Morgan fingerprint density at radius 3 is 2.00 bits per heavy atom. The SMILES string of the molecule is CCCCCCCCC1CC=C(c2ccc(C3CCC(CCCC)CC3)cc2)CC1. The third kappa shape index (κ3) is 7.58. The van der Waals surface area contributed by atoms with Crippen molar-refractivity contribution in [3.8, 4) is 0 Å². The summed E-state index contributed by atoms with van der Waals surface area (Å²) in [5, 5.41) is 0. The Labute approximate surface area is 187 Å². The number of rotatable bonds is 12. The summed E-state index contributed by atoms with van der Waals surface area (Å²) in [6.07, 6.45) is 26.6. The lowest BCUT2D eigenvalue weighted by Crippen LogP contribution is -2.13. The first kappa shape index (κ1) is 23.6. The molecule has 0 bridgehead atoms. The average molecular weight is 409 g/mol. The predicted molar refractivity (Wildman–Crippen MR) is 134 cm³/mol. The summed E-state index contributed by atoms with van der Waals surface area (Å²) in [5.74, 6) is 2.78. The Kier molecular flexibility index (Phi) is 10.5. The summed E-state index contributed by atoms with van der Waals surface area (Å²) in [5.41, 5.74) is 4.71. The minimum absolute atomic E-state index is 0.818. The van der Waals surface area contributed by atoms with Gasteiger partial charge in [-0.05, 0) is 79.4 Å². The lowest BCUT2D eigenvalue weighted by Gasteiger charge is -2.29. The highest BCUT2D eigenvalue weighted by atomic mass is 14.3. The molecule has 1 saturated carbocycles. The molecule has 2 aliphatic carbocycles. The fourth-order valence-electron chi connectivity index (χ4n) is 5.87. The molecule has 1 unspecified atom stereocenters. The molecule has 3 rings (SSSR count). The molecule has 1 aromatic carbocycles. The van der Waals surface area contributed by atoms with Gasteiger partial charge in [0.2, 0.25) is 0 Å². The van der Waals surface area contributed by atoms with E-state index in [0.29, 0.717) is 0 Å². The van der Waals surface area contributed by atoms with Crippen molar-refractivity contribution in [1.82, 2.24) is 0 Å². The molecule has 0 nitrogen and oxygen atoms in total. The monoisotopic (exact) mass is 408 g/mol. The molecule has 0 heterocycles. The largest absolute Gasteiger partial charge is 0.0804 e. The highest BCUT2D eigenvalue weighted by Gasteiger charge is 2.22.